The predicted octanol–water partition coefficient (Wildman–Crippen LogP) is 2.27. The summed E-state index contributed by atoms with van der Waals surface area (Å²) in [4.78, 5) is 75.6. The molecule has 0 spiro atoms. The maximum atomic E-state index is 13.3. The van der Waals surface area contributed by atoms with E-state index in [1.807, 2.05) is 48.5 Å². The first kappa shape index (κ1) is 31.7. The molecular formula is C33H34N4O7. The Kier molecular flexibility index (Phi) is 11.0. The number of hydrogen-bond donors (Lipinski definition) is 3. The molecule has 2 heterocycles. The van der Waals surface area contributed by atoms with E-state index in [-0.39, 0.29) is 56.5 Å². The van der Waals surface area contributed by atoms with E-state index in [1.54, 1.807) is 4.90 Å². The number of benzene rings is 2. The van der Waals surface area contributed by atoms with Gasteiger partial charge in [0.2, 0.25) is 17.7 Å². The molecular weight excluding hydrogens is 564 g/mol. The van der Waals surface area contributed by atoms with Crippen LogP contribution in [0.3, 0.4) is 0 Å². The van der Waals surface area contributed by atoms with Crippen LogP contribution >= 0.6 is 0 Å². The number of amides is 5. The van der Waals surface area contributed by atoms with Crippen LogP contribution in [0, 0.1) is 11.8 Å². The lowest BCUT2D eigenvalue weighted by Crippen LogP contribution is -2.43. The van der Waals surface area contributed by atoms with Crippen molar-refractivity contribution in [1.82, 2.24) is 15.5 Å². The first-order valence-electron chi connectivity index (χ1n) is 14.5. The molecule has 2 aromatic carbocycles. The fourth-order valence-corrected chi connectivity index (χ4v) is 4.91. The Balaban J connectivity index is 1.18. The average Bonchev–Trinajstić information content (AvgIpc) is 3.32. The summed E-state index contributed by atoms with van der Waals surface area (Å²) in [6.07, 6.45) is 3.95. The number of nitrogens with zero attached hydrogens (tertiary/aromatic N) is 2. The van der Waals surface area contributed by atoms with Gasteiger partial charge < -0.3 is 20.6 Å². The quantitative estimate of drug-likeness (QED) is 0.171. The van der Waals surface area contributed by atoms with Crippen LogP contribution in [-0.4, -0.2) is 64.6 Å². The maximum Gasteiger partial charge on any atom is 0.326 e. The van der Waals surface area contributed by atoms with Gasteiger partial charge in [0.15, 0.2) is 0 Å². The number of carboxylic acids is 1. The van der Waals surface area contributed by atoms with Gasteiger partial charge in [0.05, 0.1) is 12.2 Å². The molecule has 2 aliphatic heterocycles. The van der Waals surface area contributed by atoms with Crippen molar-refractivity contribution in [3.8, 4) is 11.8 Å². The van der Waals surface area contributed by atoms with Gasteiger partial charge in [-0.15, -0.1) is 0 Å². The summed E-state index contributed by atoms with van der Waals surface area (Å²) >= 11 is 0. The third kappa shape index (κ3) is 8.64. The van der Waals surface area contributed by atoms with Gasteiger partial charge in [0, 0.05) is 55.6 Å². The van der Waals surface area contributed by atoms with Gasteiger partial charge in [-0.05, 0) is 43.0 Å². The summed E-state index contributed by atoms with van der Waals surface area (Å²) in [5.74, 6) is 3.29. The summed E-state index contributed by atoms with van der Waals surface area (Å²) in [6.45, 7) is 0.590. The molecule has 0 saturated heterocycles. The highest BCUT2D eigenvalue weighted by Crippen LogP contribution is 2.26. The van der Waals surface area contributed by atoms with Crippen LogP contribution in [0.4, 0.5) is 5.69 Å². The molecule has 3 N–H and O–H groups in total. The number of para-hydroxylation sites is 1. The van der Waals surface area contributed by atoms with E-state index in [1.165, 1.54) is 12.2 Å². The largest absolute Gasteiger partial charge is 0.480 e. The zero-order valence-electron chi connectivity index (χ0n) is 24.2. The number of unbranched alkanes of at least 4 members (excludes halogenated alkanes) is 2. The number of fused-ring (bicyclic) bond motifs is 2. The van der Waals surface area contributed by atoms with E-state index in [2.05, 4.69) is 22.5 Å². The van der Waals surface area contributed by atoms with Crippen LogP contribution in [0.25, 0.3) is 0 Å². The summed E-state index contributed by atoms with van der Waals surface area (Å²) in [5.41, 5.74) is 3.13. The van der Waals surface area contributed by atoms with Crippen LogP contribution in [0.15, 0.2) is 60.7 Å². The minimum absolute atomic E-state index is 0.00567. The third-order valence-electron chi connectivity index (χ3n) is 7.31. The number of hydrogen-bond acceptors (Lipinski definition) is 6. The Labute approximate surface area is 255 Å². The fourth-order valence-electron chi connectivity index (χ4n) is 4.91. The van der Waals surface area contributed by atoms with Crippen molar-refractivity contribution in [2.75, 3.05) is 18.0 Å². The Morgan fingerprint density at radius 2 is 1.50 bits per heavy atom. The lowest BCUT2D eigenvalue weighted by Gasteiger charge is -2.26. The normalized spacial score (nSPS) is 14.0. The average molecular weight is 599 g/mol. The first-order chi connectivity index (χ1) is 21.2. The van der Waals surface area contributed by atoms with Crippen molar-refractivity contribution in [3.63, 3.8) is 0 Å². The molecule has 11 nitrogen and oxygen atoms in total. The monoisotopic (exact) mass is 598 g/mol. The van der Waals surface area contributed by atoms with Crippen LogP contribution in [0.1, 0.15) is 61.6 Å². The number of carboxylic acid groups (broad SMARTS) is 1. The standard InChI is InChI=1S/C33H34N4O7/c38-28(15-16-32(42)37-22-25-10-4-3-8-23(25)13-14-24-9-5-6-11-27(24)37)34-20-19-26(33(43)44)35-29(39)12-2-1-7-21-36-30(40)17-18-31(36)41/h3-6,8-11,17-18,26H,1-2,7,12,15-16,19-22H2,(H,34,38)(H,35,39)(H,43,44)/t26-/m1/s1. The molecule has 228 valence electrons. The van der Waals surface area contributed by atoms with Crippen molar-refractivity contribution in [1.29, 1.82) is 0 Å². The van der Waals surface area contributed by atoms with Gasteiger partial charge in [-0.3, -0.25) is 28.9 Å². The van der Waals surface area contributed by atoms with E-state index < -0.39 is 23.8 Å². The zero-order valence-corrected chi connectivity index (χ0v) is 24.2. The van der Waals surface area contributed by atoms with Crippen molar-refractivity contribution < 1.29 is 33.9 Å². The van der Waals surface area contributed by atoms with Gasteiger partial charge in [-0.25, -0.2) is 4.79 Å². The van der Waals surface area contributed by atoms with Crippen molar-refractivity contribution in [2.24, 2.45) is 0 Å². The van der Waals surface area contributed by atoms with E-state index in [0.717, 1.165) is 16.0 Å². The van der Waals surface area contributed by atoms with Gasteiger partial charge >= 0.3 is 5.97 Å². The van der Waals surface area contributed by atoms with Gasteiger partial charge in [0.1, 0.15) is 6.04 Å². The molecule has 44 heavy (non-hydrogen) atoms. The molecule has 2 aliphatic rings. The molecule has 0 aromatic heterocycles. The van der Waals surface area contributed by atoms with Crippen LogP contribution < -0.4 is 15.5 Å². The molecule has 0 fully saturated rings. The smallest absolute Gasteiger partial charge is 0.326 e. The number of imide groups is 1. The molecule has 1 atom stereocenters. The van der Waals surface area contributed by atoms with Gasteiger partial charge in [-0.2, -0.15) is 0 Å². The molecule has 4 rings (SSSR count). The predicted molar refractivity (Wildman–Crippen MR) is 161 cm³/mol. The maximum absolute atomic E-state index is 13.3. The number of rotatable bonds is 14. The highest BCUT2D eigenvalue weighted by atomic mass is 16.4. The number of carbonyl (C=O) groups excluding carboxylic acids is 5. The fraction of sp³-hybridized carbons (Fsp3) is 0.333. The Morgan fingerprint density at radius 1 is 0.818 bits per heavy atom. The van der Waals surface area contributed by atoms with Crippen LogP contribution in [0.5, 0.6) is 0 Å². The molecule has 5 amide bonds. The van der Waals surface area contributed by atoms with E-state index in [0.29, 0.717) is 37.1 Å². The number of anilines is 1. The second-order valence-electron chi connectivity index (χ2n) is 10.5. The van der Waals surface area contributed by atoms with Crippen molar-refractivity contribution in [3.05, 3.63) is 77.4 Å². The summed E-state index contributed by atoms with van der Waals surface area (Å²) < 4.78 is 0. The molecule has 0 aliphatic carbocycles. The highest BCUT2D eigenvalue weighted by molar-refractivity contribution is 6.12. The van der Waals surface area contributed by atoms with Crippen LogP contribution in [0.2, 0.25) is 0 Å². The SMILES string of the molecule is O=C(CCC(=O)N1Cc2ccccc2C#Cc2ccccc21)NCC[C@@H](NC(=O)CCCCCN1C(=O)C=CC1=O)C(=O)O. The molecule has 0 bridgehead atoms. The lowest BCUT2D eigenvalue weighted by molar-refractivity contribution is -0.142. The molecule has 0 unspecified atom stereocenters. The molecule has 2 aromatic rings. The zero-order chi connectivity index (χ0) is 31.5. The van der Waals surface area contributed by atoms with Crippen molar-refractivity contribution >= 4 is 41.2 Å². The summed E-state index contributed by atoms with van der Waals surface area (Å²) in [7, 11) is 0. The van der Waals surface area contributed by atoms with E-state index in [4.69, 9.17) is 0 Å². The second-order valence-corrected chi connectivity index (χ2v) is 10.5. The number of nitrogens with one attached hydrogen (secondary N) is 2. The van der Waals surface area contributed by atoms with Gasteiger partial charge in [-0.1, -0.05) is 48.6 Å². The summed E-state index contributed by atoms with van der Waals surface area (Å²) in [5, 5.41) is 14.6. The number of carbonyl (C=O) groups is 6. The van der Waals surface area contributed by atoms with E-state index in [9.17, 15) is 33.9 Å². The summed E-state index contributed by atoms with van der Waals surface area (Å²) in [6, 6.07) is 13.8. The Morgan fingerprint density at radius 3 is 2.25 bits per heavy atom. The van der Waals surface area contributed by atoms with Crippen LogP contribution in [-0.2, 0) is 35.3 Å². The van der Waals surface area contributed by atoms with Gasteiger partial charge in [0.25, 0.3) is 11.8 Å². The number of aliphatic carboxylic acids is 1. The Bertz CT molecular complexity index is 1520. The Hall–Kier alpha value is -5.24. The minimum atomic E-state index is -1.22. The van der Waals surface area contributed by atoms with Crippen molar-refractivity contribution in [2.45, 2.75) is 57.5 Å². The molecule has 11 heteroatoms. The third-order valence-corrected chi connectivity index (χ3v) is 7.31. The lowest BCUT2D eigenvalue weighted by atomic mass is 10.0. The molecule has 0 radical (unpaired) electrons. The molecule has 0 saturated carbocycles. The topological polar surface area (TPSA) is 153 Å². The van der Waals surface area contributed by atoms with E-state index >= 15 is 0 Å². The first-order valence-corrected chi connectivity index (χ1v) is 14.5. The second kappa shape index (κ2) is 15.3. The highest BCUT2D eigenvalue weighted by Gasteiger charge is 2.24. The minimum Gasteiger partial charge on any atom is -0.480 e.